The molecule has 9 nitrogen and oxygen atoms in total. The smallest absolute Gasteiger partial charge is 0.334 e. The van der Waals surface area contributed by atoms with Crippen molar-refractivity contribution in [1.82, 2.24) is 24.4 Å². The Kier molecular flexibility index (Phi) is 8.60. The molecule has 5 rings (SSSR count). The molecule has 1 saturated carbocycles. The number of amides is 1. The van der Waals surface area contributed by atoms with Crippen LogP contribution in [0.3, 0.4) is 0 Å². The van der Waals surface area contributed by atoms with Crippen LogP contribution in [0.25, 0.3) is 16.9 Å². The molecule has 1 aromatic carbocycles. The van der Waals surface area contributed by atoms with Gasteiger partial charge < -0.3 is 15.2 Å². The van der Waals surface area contributed by atoms with E-state index in [0.717, 1.165) is 6.20 Å². The Balaban J connectivity index is 1.31. The van der Waals surface area contributed by atoms with Crippen molar-refractivity contribution >= 4 is 28.5 Å². The highest BCUT2D eigenvalue weighted by molar-refractivity contribution is 6.30. The van der Waals surface area contributed by atoms with Crippen molar-refractivity contribution < 1.29 is 27.8 Å². The minimum Gasteiger partial charge on any atom is -0.490 e. The van der Waals surface area contributed by atoms with E-state index in [1.54, 1.807) is 12.1 Å². The van der Waals surface area contributed by atoms with Gasteiger partial charge in [-0.3, -0.25) is 14.3 Å². The summed E-state index contributed by atoms with van der Waals surface area (Å²) in [5.41, 5.74) is -0.312. The van der Waals surface area contributed by atoms with Crippen LogP contribution < -0.4 is 15.7 Å². The van der Waals surface area contributed by atoms with E-state index < -0.39 is 23.8 Å². The molecule has 0 unspecified atom stereocenters. The number of aliphatic hydroxyl groups is 1. The maximum Gasteiger partial charge on any atom is 0.334 e. The van der Waals surface area contributed by atoms with E-state index in [2.05, 4.69) is 15.3 Å². The molecule has 41 heavy (non-hydrogen) atoms. The van der Waals surface area contributed by atoms with Crippen molar-refractivity contribution in [3.8, 4) is 11.6 Å². The third-order valence-corrected chi connectivity index (χ3v) is 7.37. The Labute approximate surface area is 237 Å². The molecule has 0 bridgehead atoms. The molecule has 0 spiro atoms. The van der Waals surface area contributed by atoms with Gasteiger partial charge in [-0.2, -0.15) is 0 Å². The molecule has 3 aromatic heterocycles. The number of hydrogen-bond donors (Lipinski definition) is 2. The van der Waals surface area contributed by atoms with E-state index in [1.807, 2.05) is 0 Å². The molecule has 0 radical (unpaired) electrons. The lowest BCUT2D eigenvalue weighted by molar-refractivity contribution is 0.0904. The highest BCUT2D eigenvalue weighted by Crippen LogP contribution is 2.29. The van der Waals surface area contributed by atoms with Gasteiger partial charge in [0.15, 0.2) is 0 Å². The first-order valence-corrected chi connectivity index (χ1v) is 13.5. The van der Waals surface area contributed by atoms with Gasteiger partial charge in [0.25, 0.3) is 12.3 Å². The molecule has 0 saturated heterocycles. The van der Waals surface area contributed by atoms with Gasteiger partial charge in [0.2, 0.25) is 0 Å². The number of aliphatic hydroxyl groups excluding tert-OH is 1. The number of hydrogen-bond acceptors (Lipinski definition) is 6. The molecule has 0 aliphatic heterocycles. The Bertz CT molecular complexity index is 1600. The minimum atomic E-state index is -2.92. The zero-order valence-corrected chi connectivity index (χ0v) is 22.5. The van der Waals surface area contributed by atoms with Crippen LogP contribution in [-0.4, -0.2) is 49.4 Å². The average Bonchev–Trinajstić information content (AvgIpc) is 3.23. The first-order chi connectivity index (χ1) is 19.7. The van der Waals surface area contributed by atoms with Gasteiger partial charge in [0.1, 0.15) is 29.7 Å². The summed E-state index contributed by atoms with van der Waals surface area (Å²) in [6.07, 6.45) is 2.08. The lowest BCUT2D eigenvalue weighted by Crippen LogP contribution is -2.39. The number of ether oxygens (including phenoxy) is 1. The fraction of sp³-hybridized carbons (Fsp3) is 0.357. The van der Waals surface area contributed by atoms with Gasteiger partial charge in [0, 0.05) is 18.8 Å². The number of rotatable bonds is 9. The van der Waals surface area contributed by atoms with Crippen molar-refractivity contribution in [2.24, 2.45) is 5.92 Å². The van der Waals surface area contributed by atoms with Gasteiger partial charge in [0.05, 0.1) is 34.4 Å². The highest BCUT2D eigenvalue weighted by atomic mass is 35.5. The Morgan fingerprint density at radius 2 is 1.88 bits per heavy atom. The number of carbonyl (C=O) groups excluding carboxylic acids is 1. The summed E-state index contributed by atoms with van der Waals surface area (Å²) in [4.78, 5) is 34.3. The predicted octanol–water partition coefficient (Wildman–Crippen LogP) is 4.67. The summed E-state index contributed by atoms with van der Waals surface area (Å²) in [7, 11) is 0. The lowest BCUT2D eigenvalue weighted by atomic mass is 9.85. The summed E-state index contributed by atoms with van der Waals surface area (Å²) in [6.45, 7) is 0.297. The van der Waals surface area contributed by atoms with E-state index in [9.17, 15) is 22.8 Å². The predicted molar refractivity (Wildman–Crippen MR) is 145 cm³/mol. The largest absolute Gasteiger partial charge is 0.490 e. The zero-order chi connectivity index (χ0) is 29.1. The van der Waals surface area contributed by atoms with Crippen molar-refractivity contribution in [3.05, 3.63) is 81.4 Å². The summed E-state index contributed by atoms with van der Waals surface area (Å²) in [5.74, 6) is -0.295. The zero-order valence-electron chi connectivity index (χ0n) is 21.8. The Hall–Kier alpha value is -3.90. The van der Waals surface area contributed by atoms with Gasteiger partial charge in [-0.05, 0) is 68.0 Å². The summed E-state index contributed by atoms with van der Waals surface area (Å²) in [6, 6.07) is 8.32. The van der Waals surface area contributed by atoms with Crippen molar-refractivity contribution in [2.75, 3.05) is 13.2 Å². The van der Waals surface area contributed by atoms with Gasteiger partial charge >= 0.3 is 5.69 Å². The Morgan fingerprint density at radius 1 is 1.10 bits per heavy atom. The maximum absolute atomic E-state index is 14.2. The van der Waals surface area contributed by atoms with Crippen LogP contribution in [0.5, 0.6) is 5.75 Å². The van der Waals surface area contributed by atoms with Crippen LogP contribution in [0.4, 0.5) is 13.2 Å². The van der Waals surface area contributed by atoms with Crippen LogP contribution in [0, 0.1) is 11.7 Å². The van der Waals surface area contributed by atoms with Crippen LogP contribution in [-0.2, 0) is 6.54 Å². The molecular formula is C28H27ClF3N5O4. The van der Waals surface area contributed by atoms with Gasteiger partial charge in [-0.15, -0.1) is 0 Å². The number of carbonyl (C=O) groups is 1. The molecule has 4 aromatic rings. The fourth-order valence-corrected chi connectivity index (χ4v) is 5.35. The number of alkyl halides is 2. The second-order valence-corrected chi connectivity index (χ2v) is 10.3. The molecule has 1 aliphatic rings. The first kappa shape index (κ1) is 28.6. The summed E-state index contributed by atoms with van der Waals surface area (Å²) >= 11 is 5.88. The maximum atomic E-state index is 14.2. The van der Waals surface area contributed by atoms with Gasteiger partial charge in [-0.25, -0.2) is 27.5 Å². The number of aromatic nitrogens is 4. The van der Waals surface area contributed by atoms with Gasteiger partial charge in [-0.1, -0.05) is 11.6 Å². The number of imidazole rings is 1. The van der Waals surface area contributed by atoms with Crippen molar-refractivity contribution in [3.63, 3.8) is 0 Å². The number of pyridine rings is 2. The standard InChI is InChI=1S/C28H27ClF3N5O4/c29-17-11-21(25(26(31)32)34-13-17)27(39)35-19-4-1-16(2-5-19)15-36-23-12-18(30)3-7-22(23)37(28(36)40)24-8-6-20(14-33-24)41-10-9-38/h3,6-8,11-14,16,19,26,38H,1-2,4-5,9-10,15H2,(H,35,39). The average molecular weight is 590 g/mol. The van der Waals surface area contributed by atoms with E-state index in [0.29, 0.717) is 54.8 Å². The molecule has 13 heteroatoms. The summed E-state index contributed by atoms with van der Waals surface area (Å²) < 4.78 is 49.2. The molecule has 216 valence electrons. The monoisotopic (exact) mass is 589 g/mol. The van der Waals surface area contributed by atoms with Crippen molar-refractivity contribution in [2.45, 2.75) is 44.7 Å². The van der Waals surface area contributed by atoms with Crippen LogP contribution >= 0.6 is 11.6 Å². The van der Waals surface area contributed by atoms with Crippen LogP contribution in [0.2, 0.25) is 5.02 Å². The van der Waals surface area contributed by atoms with Crippen LogP contribution in [0.1, 0.15) is 48.2 Å². The topological polar surface area (TPSA) is 111 Å². The molecule has 1 amide bonds. The van der Waals surface area contributed by atoms with Crippen LogP contribution in [0.15, 0.2) is 53.6 Å². The third kappa shape index (κ3) is 6.23. The number of fused-ring (bicyclic) bond motifs is 1. The molecule has 1 aliphatic carbocycles. The highest BCUT2D eigenvalue weighted by Gasteiger charge is 2.27. The fourth-order valence-electron chi connectivity index (χ4n) is 5.20. The molecular weight excluding hydrogens is 563 g/mol. The molecule has 3 heterocycles. The SMILES string of the molecule is O=C(NC1CCC(Cn2c(=O)n(-c3ccc(OCCO)cn3)c3ccc(F)cc32)CC1)c1cc(Cl)cnc1C(F)F. The normalized spacial score (nSPS) is 17.2. The quantitative estimate of drug-likeness (QED) is 0.293. The van der Waals surface area contributed by atoms with E-state index >= 15 is 0 Å². The second-order valence-electron chi connectivity index (χ2n) is 9.86. The molecule has 1 fully saturated rings. The molecule has 2 N–H and O–H groups in total. The lowest BCUT2D eigenvalue weighted by Gasteiger charge is -2.29. The number of halogens is 4. The van der Waals surface area contributed by atoms with E-state index in [-0.39, 0.29) is 41.4 Å². The number of nitrogens with zero attached hydrogens (tertiary/aromatic N) is 4. The van der Waals surface area contributed by atoms with Crippen molar-refractivity contribution in [1.29, 1.82) is 0 Å². The first-order valence-electron chi connectivity index (χ1n) is 13.1. The Morgan fingerprint density at radius 3 is 2.56 bits per heavy atom. The number of nitrogens with one attached hydrogen (secondary N) is 1. The summed E-state index contributed by atoms with van der Waals surface area (Å²) in [5, 5.41) is 11.8. The second kappa shape index (κ2) is 12.3. The third-order valence-electron chi connectivity index (χ3n) is 7.16. The van der Waals surface area contributed by atoms with E-state index in [4.69, 9.17) is 21.4 Å². The molecule has 0 atom stereocenters. The minimum absolute atomic E-state index is 0.0647. The van der Waals surface area contributed by atoms with E-state index in [1.165, 1.54) is 39.6 Å². The number of benzene rings is 1.